The first-order chi connectivity index (χ1) is 6.26. The molecular weight excluding hydrogens is 208 g/mol. The fourth-order valence-electron chi connectivity index (χ4n) is 0.636. The van der Waals surface area contributed by atoms with E-state index in [4.69, 9.17) is 0 Å². The van der Waals surface area contributed by atoms with Crippen molar-refractivity contribution in [3.05, 3.63) is 5.01 Å². The molecule has 0 aromatic carbocycles. The fraction of sp³-hybridized carbons (Fsp3) is 0.500. The molecule has 0 aliphatic rings. The fourth-order valence-corrected chi connectivity index (χ4v) is 1.89. The molecule has 1 aromatic heterocycles. The van der Waals surface area contributed by atoms with E-state index in [1.165, 1.54) is 11.3 Å². The average Bonchev–Trinajstić information content (AvgIpc) is 2.61. The summed E-state index contributed by atoms with van der Waals surface area (Å²) in [6.07, 6.45) is 1.94. The van der Waals surface area contributed by atoms with Crippen molar-refractivity contribution in [2.24, 2.45) is 0 Å². The van der Waals surface area contributed by atoms with Crippen LogP contribution in [0.3, 0.4) is 0 Å². The number of carbonyl (C=O) groups is 1. The Balaban J connectivity index is 2.41. The van der Waals surface area contributed by atoms with Crippen molar-refractivity contribution in [1.29, 1.82) is 0 Å². The summed E-state index contributed by atoms with van der Waals surface area (Å²) in [6.45, 7) is 0.428. The summed E-state index contributed by atoms with van der Waals surface area (Å²) in [5.41, 5.74) is 0. The summed E-state index contributed by atoms with van der Waals surface area (Å²) in [4.78, 5) is 10.8. The molecule has 2 N–H and O–H groups in total. The molecule has 72 valence electrons. The predicted molar refractivity (Wildman–Crippen MR) is 53.0 cm³/mol. The van der Waals surface area contributed by atoms with Gasteiger partial charge in [0.15, 0.2) is 4.34 Å². The lowest BCUT2D eigenvalue weighted by Crippen LogP contribution is -2.32. The topological polar surface area (TPSA) is 66.9 Å². The molecule has 5 nitrogen and oxygen atoms in total. The lowest BCUT2D eigenvalue weighted by atomic mass is 10.7. The Labute approximate surface area is 84.3 Å². The van der Waals surface area contributed by atoms with Gasteiger partial charge in [-0.15, -0.1) is 10.2 Å². The van der Waals surface area contributed by atoms with Crippen LogP contribution >= 0.6 is 23.1 Å². The molecule has 0 saturated heterocycles. The Bertz CT molecular complexity index is 288. The van der Waals surface area contributed by atoms with Gasteiger partial charge in [-0.05, 0) is 6.26 Å². The molecule has 13 heavy (non-hydrogen) atoms. The number of thioether (sulfide) groups is 1. The Morgan fingerprint density at radius 2 is 2.38 bits per heavy atom. The van der Waals surface area contributed by atoms with E-state index >= 15 is 0 Å². The first kappa shape index (κ1) is 10.3. The highest BCUT2D eigenvalue weighted by Crippen LogP contribution is 2.18. The third kappa shape index (κ3) is 3.19. The third-order valence-corrected chi connectivity index (χ3v) is 3.15. The van der Waals surface area contributed by atoms with Crippen molar-refractivity contribution in [3.8, 4) is 0 Å². The third-order valence-electron chi connectivity index (χ3n) is 1.25. The van der Waals surface area contributed by atoms with Crippen LogP contribution in [-0.4, -0.2) is 29.5 Å². The van der Waals surface area contributed by atoms with Gasteiger partial charge in [-0.25, -0.2) is 4.79 Å². The van der Waals surface area contributed by atoms with Gasteiger partial charge in [0.2, 0.25) is 0 Å². The van der Waals surface area contributed by atoms with Gasteiger partial charge >= 0.3 is 6.03 Å². The zero-order chi connectivity index (χ0) is 9.68. The van der Waals surface area contributed by atoms with Gasteiger partial charge < -0.3 is 10.6 Å². The van der Waals surface area contributed by atoms with E-state index in [0.717, 1.165) is 9.35 Å². The van der Waals surface area contributed by atoms with Crippen LogP contribution in [0.1, 0.15) is 5.01 Å². The van der Waals surface area contributed by atoms with Crippen molar-refractivity contribution < 1.29 is 4.79 Å². The van der Waals surface area contributed by atoms with E-state index in [0.29, 0.717) is 6.54 Å². The van der Waals surface area contributed by atoms with E-state index in [1.807, 2.05) is 6.26 Å². The maximum atomic E-state index is 10.8. The molecule has 0 bridgehead atoms. The summed E-state index contributed by atoms with van der Waals surface area (Å²) in [6, 6.07) is -0.207. The number of carbonyl (C=O) groups excluding carboxylic acids is 1. The molecule has 0 unspecified atom stereocenters. The Hall–Kier alpha value is -0.820. The van der Waals surface area contributed by atoms with Crippen molar-refractivity contribution in [2.45, 2.75) is 10.9 Å². The van der Waals surface area contributed by atoms with Crippen molar-refractivity contribution in [1.82, 2.24) is 20.8 Å². The Morgan fingerprint density at radius 3 is 2.92 bits per heavy atom. The first-order valence-corrected chi connectivity index (χ1v) is 5.62. The number of aromatic nitrogens is 2. The van der Waals surface area contributed by atoms with Crippen LogP contribution in [0.2, 0.25) is 0 Å². The average molecular weight is 218 g/mol. The second-order valence-corrected chi connectivity index (χ2v) is 4.21. The smallest absolute Gasteiger partial charge is 0.314 e. The van der Waals surface area contributed by atoms with E-state index < -0.39 is 0 Å². The minimum atomic E-state index is -0.207. The maximum absolute atomic E-state index is 10.8. The van der Waals surface area contributed by atoms with E-state index in [2.05, 4.69) is 20.8 Å². The summed E-state index contributed by atoms with van der Waals surface area (Å²) in [7, 11) is 1.57. The Morgan fingerprint density at radius 1 is 1.62 bits per heavy atom. The molecule has 7 heteroatoms. The highest BCUT2D eigenvalue weighted by Gasteiger charge is 2.03. The largest absolute Gasteiger partial charge is 0.341 e. The molecular formula is C6H10N4OS2. The Kier molecular flexibility index (Phi) is 3.97. The number of hydrogen-bond acceptors (Lipinski definition) is 5. The standard InChI is InChI=1S/C6H10N4OS2/c1-7-5(11)8-3-4-9-10-6(12-2)13-4/h3H2,1-2H3,(H2,7,8,11). The summed E-state index contributed by atoms with van der Waals surface area (Å²) >= 11 is 3.03. The van der Waals surface area contributed by atoms with Crippen LogP contribution in [0.15, 0.2) is 4.34 Å². The van der Waals surface area contributed by atoms with Gasteiger partial charge in [-0.3, -0.25) is 0 Å². The molecule has 0 saturated carbocycles. The van der Waals surface area contributed by atoms with Gasteiger partial charge in [-0.2, -0.15) is 0 Å². The maximum Gasteiger partial charge on any atom is 0.314 e. The number of rotatable bonds is 3. The quantitative estimate of drug-likeness (QED) is 0.732. The lowest BCUT2D eigenvalue weighted by molar-refractivity contribution is 0.242. The van der Waals surface area contributed by atoms with E-state index in [-0.39, 0.29) is 6.03 Å². The second kappa shape index (κ2) is 5.03. The highest BCUT2D eigenvalue weighted by molar-refractivity contribution is 8.00. The molecule has 0 atom stereocenters. The lowest BCUT2D eigenvalue weighted by Gasteiger charge is -1.99. The second-order valence-electron chi connectivity index (χ2n) is 2.10. The normalized spacial score (nSPS) is 9.69. The SMILES string of the molecule is CNC(=O)NCc1nnc(SC)s1. The molecule has 0 radical (unpaired) electrons. The van der Waals surface area contributed by atoms with Crippen LogP contribution in [-0.2, 0) is 6.54 Å². The van der Waals surface area contributed by atoms with Crippen LogP contribution < -0.4 is 10.6 Å². The highest BCUT2D eigenvalue weighted by atomic mass is 32.2. The van der Waals surface area contributed by atoms with Crippen LogP contribution in [0, 0.1) is 0 Å². The number of nitrogens with one attached hydrogen (secondary N) is 2. The molecule has 0 aliphatic carbocycles. The van der Waals surface area contributed by atoms with Crippen molar-refractivity contribution in [3.63, 3.8) is 0 Å². The van der Waals surface area contributed by atoms with Gasteiger partial charge in [-0.1, -0.05) is 23.1 Å². The zero-order valence-corrected chi connectivity index (χ0v) is 8.96. The molecule has 0 aliphatic heterocycles. The summed E-state index contributed by atoms with van der Waals surface area (Å²) in [5, 5.41) is 13.7. The number of nitrogens with zero attached hydrogens (tertiary/aromatic N) is 2. The van der Waals surface area contributed by atoms with Crippen LogP contribution in [0.25, 0.3) is 0 Å². The van der Waals surface area contributed by atoms with Gasteiger partial charge in [0.05, 0.1) is 6.54 Å². The van der Waals surface area contributed by atoms with E-state index in [1.54, 1.807) is 18.8 Å². The molecule has 0 spiro atoms. The molecule has 1 heterocycles. The van der Waals surface area contributed by atoms with Crippen LogP contribution in [0.5, 0.6) is 0 Å². The number of hydrogen-bond donors (Lipinski definition) is 2. The van der Waals surface area contributed by atoms with Crippen molar-refractivity contribution >= 4 is 29.1 Å². The molecule has 1 aromatic rings. The monoisotopic (exact) mass is 218 g/mol. The predicted octanol–water partition coefficient (Wildman–Crippen LogP) is 0.689. The molecule has 0 fully saturated rings. The first-order valence-electron chi connectivity index (χ1n) is 3.58. The summed E-state index contributed by atoms with van der Waals surface area (Å²) in [5.74, 6) is 0. The van der Waals surface area contributed by atoms with Crippen molar-refractivity contribution in [2.75, 3.05) is 13.3 Å². The molecule has 2 amide bonds. The summed E-state index contributed by atoms with van der Waals surface area (Å²) < 4.78 is 0.911. The minimum absolute atomic E-state index is 0.207. The van der Waals surface area contributed by atoms with Gasteiger partial charge in [0.25, 0.3) is 0 Å². The zero-order valence-electron chi connectivity index (χ0n) is 7.33. The minimum Gasteiger partial charge on any atom is -0.341 e. The van der Waals surface area contributed by atoms with Gasteiger partial charge in [0, 0.05) is 7.05 Å². The number of amides is 2. The number of urea groups is 1. The van der Waals surface area contributed by atoms with Crippen LogP contribution in [0.4, 0.5) is 4.79 Å². The van der Waals surface area contributed by atoms with Gasteiger partial charge in [0.1, 0.15) is 5.01 Å². The van der Waals surface area contributed by atoms with E-state index in [9.17, 15) is 4.79 Å². The molecule has 1 rings (SSSR count).